The fourth-order valence-corrected chi connectivity index (χ4v) is 1.33. The lowest BCUT2D eigenvalue weighted by molar-refractivity contribution is -0.605. The first-order valence-corrected chi connectivity index (χ1v) is 4.76. The van der Waals surface area contributed by atoms with Crippen LogP contribution in [0, 0.1) is 5.21 Å². The van der Waals surface area contributed by atoms with Gasteiger partial charge in [-0.25, -0.2) is 0 Å². The summed E-state index contributed by atoms with van der Waals surface area (Å²) in [5.41, 5.74) is 2.02. The summed E-state index contributed by atoms with van der Waals surface area (Å²) < 4.78 is 0.796. The third-order valence-corrected chi connectivity index (χ3v) is 2.07. The molecule has 1 aromatic heterocycles. The van der Waals surface area contributed by atoms with Crippen LogP contribution < -0.4 is 4.73 Å². The Bertz CT molecular complexity index is 463. The molecule has 0 fully saturated rings. The van der Waals surface area contributed by atoms with Crippen LogP contribution in [0.15, 0.2) is 54.9 Å². The van der Waals surface area contributed by atoms with Crippen LogP contribution in [-0.2, 0) is 0 Å². The minimum absolute atomic E-state index is 0.796. The molecule has 0 amide bonds. The van der Waals surface area contributed by atoms with Crippen LogP contribution in [-0.4, -0.2) is 0 Å². The third kappa shape index (κ3) is 2.68. The molecule has 2 rings (SSSR count). The Kier molecular flexibility index (Phi) is 2.79. The van der Waals surface area contributed by atoms with Crippen LogP contribution >= 0.6 is 0 Å². The molecule has 0 bridgehead atoms. The maximum Gasteiger partial charge on any atom is 0.187 e. The molecule has 0 radical (unpaired) electrons. The molecule has 74 valence electrons. The zero-order chi connectivity index (χ0) is 10.5. The molecule has 0 aliphatic heterocycles. The summed E-state index contributed by atoms with van der Waals surface area (Å²) >= 11 is 0. The molecule has 1 aromatic carbocycles. The van der Waals surface area contributed by atoms with Gasteiger partial charge in [-0.15, -0.1) is 0 Å². The smallest absolute Gasteiger partial charge is 0.187 e. The van der Waals surface area contributed by atoms with E-state index >= 15 is 0 Å². The highest BCUT2D eigenvalue weighted by Gasteiger charge is 1.91. The summed E-state index contributed by atoms with van der Waals surface area (Å²) in [5.74, 6) is 0. The van der Waals surface area contributed by atoms with Crippen molar-refractivity contribution in [1.29, 1.82) is 0 Å². The fourth-order valence-electron chi connectivity index (χ4n) is 1.33. The van der Waals surface area contributed by atoms with E-state index in [-0.39, 0.29) is 0 Å². The van der Waals surface area contributed by atoms with Crippen molar-refractivity contribution in [1.82, 2.24) is 0 Å². The molecule has 2 aromatic rings. The minimum Gasteiger partial charge on any atom is -0.619 e. The average Bonchev–Trinajstić information content (AvgIpc) is 2.28. The molecule has 2 heteroatoms. The highest BCUT2D eigenvalue weighted by Crippen LogP contribution is 2.05. The highest BCUT2D eigenvalue weighted by atomic mass is 16.5. The summed E-state index contributed by atoms with van der Waals surface area (Å²) in [6.45, 7) is 0. The van der Waals surface area contributed by atoms with Gasteiger partial charge in [0.1, 0.15) is 0 Å². The number of pyridine rings is 1. The van der Waals surface area contributed by atoms with E-state index < -0.39 is 0 Å². The van der Waals surface area contributed by atoms with Crippen molar-refractivity contribution >= 4 is 12.2 Å². The van der Waals surface area contributed by atoms with E-state index in [0.717, 1.165) is 15.9 Å². The lowest BCUT2D eigenvalue weighted by Crippen LogP contribution is -2.24. The van der Waals surface area contributed by atoms with Crippen LogP contribution in [0.25, 0.3) is 12.2 Å². The van der Waals surface area contributed by atoms with Crippen molar-refractivity contribution < 1.29 is 4.73 Å². The van der Waals surface area contributed by atoms with Crippen molar-refractivity contribution in [3.05, 3.63) is 71.2 Å². The van der Waals surface area contributed by atoms with Gasteiger partial charge < -0.3 is 5.21 Å². The van der Waals surface area contributed by atoms with Gasteiger partial charge in [0.25, 0.3) is 0 Å². The van der Waals surface area contributed by atoms with Gasteiger partial charge in [0.15, 0.2) is 12.4 Å². The second-order valence-corrected chi connectivity index (χ2v) is 3.24. The molecule has 0 unspecified atom stereocenters. The molecule has 2 nitrogen and oxygen atoms in total. The van der Waals surface area contributed by atoms with Gasteiger partial charge in [-0.1, -0.05) is 36.4 Å². The van der Waals surface area contributed by atoms with E-state index in [2.05, 4.69) is 0 Å². The van der Waals surface area contributed by atoms with Crippen molar-refractivity contribution in [3.63, 3.8) is 0 Å². The van der Waals surface area contributed by atoms with Crippen LogP contribution in [0.2, 0.25) is 0 Å². The SMILES string of the molecule is [O-][n+]1cccc(C=Cc2ccccc2)c1. The molecular weight excluding hydrogens is 186 g/mol. The fraction of sp³-hybridized carbons (Fsp3) is 0. The zero-order valence-electron chi connectivity index (χ0n) is 8.21. The summed E-state index contributed by atoms with van der Waals surface area (Å²) in [6, 6.07) is 13.6. The first kappa shape index (κ1) is 9.46. The van der Waals surface area contributed by atoms with Gasteiger partial charge in [0, 0.05) is 11.6 Å². The Morgan fingerprint density at radius 2 is 1.53 bits per heavy atom. The van der Waals surface area contributed by atoms with Gasteiger partial charge >= 0.3 is 0 Å². The van der Waals surface area contributed by atoms with Gasteiger partial charge in [-0.05, 0) is 17.7 Å². The first-order valence-electron chi connectivity index (χ1n) is 4.76. The van der Waals surface area contributed by atoms with Crippen molar-refractivity contribution in [2.75, 3.05) is 0 Å². The van der Waals surface area contributed by atoms with E-state index in [1.54, 1.807) is 12.3 Å². The number of nitrogens with zero attached hydrogens (tertiary/aromatic N) is 1. The summed E-state index contributed by atoms with van der Waals surface area (Å²) in [6.07, 6.45) is 6.92. The predicted octanol–water partition coefficient (Wildman–Crippen LogP) is 2.49. The topological polar surface area (TPSA) is 26.9 Å². The molecule has 0 spiro atoms. The number of hydrogen-bond acceptors (Lipinski definition) is 1. The molecule has 0 aliphatic carbocycles. The van der Waals surface area contributed by atoms with Crippen LogP contribution in [0.3, 0.4) is 0 Å². The predicted molar refractivity (Wildman–Crippen MR) is 60.8 cm³/mol. The monoisotopic (exact) mass is 197 g/mol. The Balaban J connectivity index is 2.19. The molecule has 1 heterocycles. The molecule has 0 saturated heterocycles. The van der Waals surface area contributed by atoms with E-state index in [4.69, 9.17) is 0 Å². The molecule has 0 aliphatic rings. The Morgan fingerprint density at radius 1 is 0.867 bits per heavy atom. The summed E-state index contributed by atoms with van der Waals surface area (Å²) in [7, 11) is 0. The molecule has 15 heavy (non-hydrogen) atoms. The first-order chi connectivity index (χ1) is 7.34. The van der Waals surface area contributed by atoms with Crippen molar-refractivity contribution in [2.24, 2.45) is 0 Å². The Labute approximate surface area is 88.7 Å². The number of aromatic nitrogens is 1. The molecular formula is C13H11NO. The van der Waals surface area contributed by atoms with E-state index in [9.17, 15) is 5.21 Å². The number of hydrogen-bond donors (Lipinski definition) is 0. The average molecular weight is 197 g/mol. The standard InChI is InChI=1S/C13H11NO/c15-14-10-4-7-13(11-14)9-8-12-5-2-1-3-6-12/h1-11H. The van der Waals surface area contributed by atoms with Crippen molar-refractivity contribution in [2.45, 2.75) is 0 Å². The second kappa shape index (κ2) is 4.42. The number of benzene rings is 1. The Hall–Kier alpha value is -2.09. The van der Waals surface area contributed by atoms with Crippen LogP contribution in [0.5, 0.6) is 0 Å². The normalized spacial score (nSPS) is 10.7. The van der Waals surface area contributed by atoms with E-state index in [1.807, 2.05) is 48.6 Å². The maximum absolute atomic E-state index is 11.0. The highest BCUT2D eigenvalue weighted by molar-refractivity contribution is 5.68. The zero-order valence-corrected chi connectivity index (χ0v) is 8.21. The molecule has 0 atom stereocenters. The maximum atomic E-state index is 11.0. The van der Waals surface area contributed by atoms with Crippen LogP contribution in [0.1, 0.15) is 11.1 Å². The molecule has 0 N–H and O–H groups in total. The van der Waals surface area contributed by atoms with Crippen molar-refractivity contribution in [3.8, 4) is 0 Å². The second-order valence-electron chi connectivity index (χ2n) is 3.24. The van der Waals surface area contributed by atoms with Gasteiger partial charge in [-0.2, -0.15) is 4.73 Å². The lowest BCUT2D eigenvalue weighted by Gasteiger charge is -1.95. The van der Waals surface area contributed by atoms with Crippen LogP contribution in [0.4, 0.5) is 0 Å². The third-order valence-electron chi connectivity index (χ3n) is 2.07. The quantitative estimate of drug-likeness (QED) is 0.536. The van der Waals surface area contributed by atoms with Gasteiger partial charge in [0.05, 0.1) is 0 Å². The van der Waals surface area contributed by atoms with Gasteiger partial charge in [-0.3, -0.25) is 0 Å². The molecule has 0 saturated carbocycles. The van der Waals surface area contributed by atoms with E-state index in [0.29, 0.717) is 0 Å². The summed E-state index contributed by atoms with van der Waals surface area (Å²) in [4.78, 5) is 0. The largest absolute Gasteiger partial charge is 0.619 e. The lowest BCUT2D eigenvalue weighted by atomic mass is 10.2. The van der Waals surface area contributed by atoms with Gasteiger partial charge in [0.2, 0.25) is 0 Å². The van der Waals surface area contributed by atoms with E-state index in [1.165, 1.54) is 6.20 Å². The Morgan fingerprint density at radius 3 is 2.27 bits per heavy atom. The number of rotatable bonds is 2. The summed E-state index contributed by atoms with van der Waals surface area (Å²) in [5, 5.41) is 11.0. The minimum atomic E-state index is 0.796.